The van der Waals surface area contributed by atoms with E-state index in [0.717, 1.165) is 11.8 Å². The average molecular weight is 351 g/mol. The van der Waals surface area contributed by atoms with E-state index in [9.17, 15) is 13.2 Å². The molecule has 1 aromatic carbocycles. The second-order valence-electron chi connectivity index (χ2n) is 4.82. The van der Waals surface area contributed by atoms with Crippen molar-refractivity contribution in [3.63, 3.8) is 0 Å². The van der Waals surface area contributed by atoms with E-state index in [-0.39, 0.29) is 4.24 Å². The molecule has 23 heavy (non-hydrogen) atoms. The first-order valence-corrected chi connectivity index (χ1v) is 9.45. The third-order valence-electron chi connectivity index (χ3n) is 3.18. The topological polar surface area (TPSA) is 91.9 Å². The van der Waals surface area contributed by atoms with Crippen LogP contribution < -0.4 is 10.4 Å². The Hall–Kier alpha value is -2.06. The first kappa shape index (κ1) is 17.3. The number of thioether (sulfide) groups is 1. The number of benzene rings is 1. The zero-order chi connectivity index (χ0) is 17.0. The number of aryl methyl sites for hydroxylation is 1. The number of aromatic nitrogens is 2. The summed E-state index contributed by atoms with van der Waals surface area (Å²) in [4.78, 5) is 17.5. The fourth-order valence-electron chi connectivity index (χ4n) is 2.14. The number of H-pyrrole nitrogens is 1. The minimum absolute atomic E-state index is 0.179. The summed E-state index contributed by atoms with van der Waals surface area (Å²) >= 11 is 1.12. The summed E-state index contributed by atoms with van der Waals surface area (Å²) in [6.45, 7) is 3.40. The van der Waals surface area contributed by atoms with Crippen molar-refractivity contribution in [1.29, 1.82) is 0 Å². The fourth-order valence-corrected chi connectivity index (χ4v) is 4.61. The van der Waals surface area contributed by atoms with Gasteiger partial charge in [0.1, 0.15) is 4.24 Å². The van der Waals surface area contributed by atoms with Crippen LogP contribution in [-0.4, -0.2) is 24.6 Å². The molecular formula is C15H17N3O3S2. The van der Waals surface area contributed by atoms with Crippen LogP contribution in [0.5, 0.6) is 0 Å². The molecule has 0 unspecified atom stereocenters. The lowest BCUT2D eigenvalue weighted by molar-refractivity contribution is 0.609. The highest BCUT2D eigenvalue weighted by Gasteiger charge is 2.21. The molecule has 2 rings (SSSR count). The molecule has 0 fully saturated rings. The lowest BCUT2D eigenvalue weighted by atomic mass is 10.1. The van der Waals surface area contributed by atoms with Crippen molar-refractivity contribution >= 4 is 33.0 Å². The molecule has 2 aromatic rings. The number of nitrogens with zero attached hydrogens (tertiary/aromatic N) is 1. The normalized spacial score (nSPS) is 12.7. The van der Waals surface area contributed by atoms with Gasteiger partial charge in [-0.05, 0) is 37.8 Å². The quantitative estimate of drug-likeness (QED) is 0.864. The van der Waals surface area contributed by atoms with Gasteiger partial charge in [0.05, 0.1) is 0 Å². The second-order valence-corrected chi connectivity index (χ2v) is 7.51. The molecule has 0 spiro atoms. The maximum Gasteiger partial charge on any atom is 0.345 e. The highest BCUT2D eigenvalue weighted by atomic mass is 32.3. The summed E-state index contributed by atoms with van der Waals surface area (Å²) in [5, 5.41) is 0. The van der Waals surface area contributed by atoms with Crippen LogP contribution in [0.15, 0.2) is 45.6 Å². The molecule has 0 radical (unpaired) electrons. The van der Waals surface area contributed by atoms with Gasteiger partial charge in [-0.3, -0.25) is 4.72 Å². The molecule has 1 aromatic heterocycles. The van der Waals surface area contributed by atoms with Crippen LogP contribution in [0, 0.1) is 6.92 Å². The average Bonchev–Trinajstić information content (AvgIpc) is 2.47. The van der Waals surface area contributed by atoms with E-state index in [1.807, 2.05) is 6.07 Å². The van der Waals surface area contributed by atoms with Gasteiger partial charge in [0.2, 0.25) is 0 Å². The summed E-state index contributed by atoms with van der Waals surface area (Å²) in [6.07, 6.45) is 3.08. The van der Waals surface area contributed by atoms with Crippen molar-refractivity contribution < 1.29 is 8.42 Å². The Kier molecular flexibility index (Phi) is 5.27. The number of allylic oxidation sites excluding steroid dienone is 1. The predicted molar refractivity (Wildman–Crippen MR) is 94.7 cm³/mol. The van der Waals surface area contributed by atoms with Crippen molar-refractivity contribution in [2.75, 3.05) is 11.0 Å². The van der Waals surface area contributed by atoms with Crippen molar-refractivity contribution in [1.82, 2.24) is 9.97 Å². The summed E-state index contributed by atoms with van der Waals surface area (Å²) in [6, 6.07) is 8.67. The van der Waals surface area contributed by atoms with E-state index < -0.39 is 15.7 Å². The predicted octanol–water partition coefficient (Wildman–Crippen LogP) is 2.57. The molecule has 6 nitrogen and oxygen atoms in total. The Labute approximate surface area is 139 Å². The first-order valence-electron chi connectivity index (χ1n) is 6.74. The third kappa shape index (κ3) is 4.02. The summed E-state index contributed by atoms with van der Waals surface area (Å²) in [5.74, 6) is 0. The SMILES string of the molecule is CS/C(=C(/C)c1cnc(=O)[nH]c1C)S(=O)(=O)Nc1ccccc1. The zero-order valence-corrected chi connectivity index (χ0v) is 14.6. The molecule has 0 saturated carbocycles. The smallest absolute Gasteiger partial charge is 0.309 e. The van der Waals surface area contributed by atoms with Crippen LogP contribution in [0.4, 0.5) is 5.69 Å². The number of nitrogens with one attached hydrogen (secondary N) is 2. The van der Waals surface area contributed by atoms with Crippen LogP contribution >= 0.6 is 11.8 Å². The molecule has 0 bridgehead atoms. The molecule has 2 N–H and O–H groups in total. The fraction of sp³-hybridized carbons (Fsp3) is 0.200. The molecule has 0 saturated heterocycles. The minimum Gasteiger partial charge on any atom is -0.309 e. The van der Waals surface area contributed by atoms with E-state index >= 15 is 0 Å². The van der Waals surface area contributed by atoms with Gasteiger partial charge in [0.15, 0.2) is 0 Å². The van der Waals surface area contributed by atoms with E-state index in [0.29, 0.717) is 22.5 Å². The Morgan fingerprint density at radius 3 is 2.48 bits per heavy atom. The van der Waals surface area contributed by atoms with E-state index in [4.69, 9.17) is 0 Å². The number of aromatic amines is 1. The van der Waals surface area contributed by atoms with Crippen molar-refractivity contribution in [2.45, 2.75) is 13.8 Å². The van der Waals surface area contributed by atoms with Crippen LogP contribution in [0.3, 0.4) is 0 Å². The van der Waals surface area contributed by atoms with Crippen LogP contribution in [0.1, 0.15) is 18.2 Å². The summed E-state index contributed by atoms with van der Waals surface area (Å²) < 4.78 is 28.0. The minimum atomic E-state index is -3.73. The van der Waals surface area contributed by atoms with Crippen LogP contribution in [0.25, 0.3) is 5.57 Å². The van der Waals surface area contributed by atoms with E-state index in [2.05, 4.69) is 14.7 Å². The largest absolute Gasteiger partial charge is 0.345 e. The maximum atomic E-state index is 12.6. The molecular weight excluding hydrogens is 334 g/mol. The maximum absolute atomic E-state index is 12.6. The Morgan fingerprint density at radius 1 is 1.26 bits per heavy atom. The van der Waals surface area contributed by atoms with Gasteiger partial charge in [-0.2, -0.15) is 0 Å². The molecule has 8 heteroatoms. The highest BCUT2D eigenvalue weighted by molar-refractivity contribution is 8.19. The van der Waals surface area contributed by atoms with Crippen LogP contribution in [-0.2, 0) is 10.0 Å². The standard InChI is InChI=1S/C15H17N3O3S2/c1-10(13-9-16-15(19)17-11(13)2)14(22-3)23(20,21)18-12-7-5-4-6-8-12/h4-9,18H,1-3H3,(H,16,17,19)/b14-10+. The van der Waals surface area contributed by atoms with E-state index in [1.165, 1.54) is 6.20 Å². The Bertz CT molecular complexity index is 888. The number of rotatable bonds is 5. The number of anilines is 1. The van der Waals surface area contributed by atoms with Gasteiger partial charge < -0.3 is 4.98 Å². The van der Waals surface area contributed by atoms with Gasteiger partial charge in [-0.1, -0.05) is 18.2 Å². The van der Waals surface area contributed by atoms with Gasteiger partial charge in [-0.25, -0.2) is 18.2 Å². The Morgan fingerprint density at radius 2 is 1.91 bits per heavy atom. The third-order valence-corrected chi connectivity index (χ3v) is 6.31. The number of para-hydroxylation sites is 1. The van der Waals surface area contributed by atoms with Crippen molar-refractivity contribution in [2.24, 2.45) is 0 Å². The highest BCUT2D eigenvalue weighted by Crippen LogP contribution is 2.31. The molecule has 0 aliphatic carbocycles. The molecule has 0 aliphatic heterocycles. The second kappa shape index (κ2) is 7.01. The molecule has 0 atom stereocenters. The monoisotopic (exact) mass is 351 g/mol. The lowest BCUT2D eigenvalue weighted by Crippen LogP contribution is -2.16. The summed E-state index contributed by atoms with van der Waals surface area (Å²) in [5.41, 5.74) is 1.72. The Balaban J connectivity index is 2.49. The summed E-state index contributed by atoms with van der Waals surface area (Å²) in [7, 11) is -3.73. The first-order chi connectivity index (χ1) is 10.8. The number of sulfonamides is 1. The number of hydrogen-bond acceptors (Lipinski definition) is 5. The molecule has 0 amide bonds. The van der Waals surface area contributed by atoms with E-state index in [1.54, 1.807) is 44.4 Å². The van der Waals surface area contributed by atoms with Gasteiger partial charge >= 0.3 is 5.69 Å². The zero-order valence-electron chi connectivity index (χ0n) is 13.0. The molecule has 0 aliphatic rings. The van der Waals surface area contributed by atoms with Crippen molar-refractivity contribution in [3.8, 4) is 0 Å². The van der Waals surface area contributed by atoms with Gasteiger partial charge in [-0.15, -0.1) is 11.8 Å². The van der Waals surface area contributed by atoms with Crippen LogP contribution in [0.2, 0.25) is 0 Å². The van der Waals surface area contributed by atoms with Gasteiger partial charge in [0.25, 0.3) is 10.0 Å². The van der Waals surface area contributed by atoms with Crippen molar-refractivity contribution in [3.05, 3.63) is 62.5 Å². The molecule has 1 heterocycles. The lowest BCUT2D eigenvalue weighted by Gasteiger charge is -2.14. The molecule has 122 valence electrons. The van der Waals surface area contributed by atoms with Gasteiger partial charge in [0, 0.05) is 23.1 Å². The number of hydrogen-bond donors (Lipinski definition) is 2.